The molecule has 1 aliphatic heterocycles. The Labute approximate surface area is 166 Å². The molecule has 28 heavy (non-hydrogen) atoms. The van der Waals surface area contributed by atoms with Crippen LogP contribution in [0.2, 0.25) is 0 Å². The quantitative estimate of drug-likeness (QED) is 0.663. The van der Waals surface area contributed by atoms with Crippen LogP contribution < -0.4 is 5.32 Å². The normalized spacial score (nSPS) is 26.8. The van der Waals surface area contributed by atoms with Crippen molar-refractivity contribution in [2.45, 2.75) is 58.5 Å². The number of carbonyl (C=O) groups is 1. The van der Waals surface area contributed by atoms with E-state index in [0.717, 1.165) is 5.69 Å². The van der Waals surface area contributed by atoms with Crippen molar-refractivity contribution in [1.29, 1.82) is 0 Å². The largest absolute Gasteiger partial charge is 0.394 e. The summed E-state index contributed by atoms with van der Waals surface area (Å²) in [6, 6.07) is 0. The number of aliphatic hydroxyl groups excluding tert-OH is 2. The minimum atomic E-state index is -0.762. The molecule has 1 amide bonds. The molecule has 1 fully saturated rings. The highest BCUT2D eigenvalue weighted by Crippen LogP contribution is 2.33. The van der Waals surface area contributed by atoms with E-state index < -0.39 is 17.8 Å². The van der Waals surface area contributed by atoms with Crippen LogP contribution in [-0.4, -0.2) is 63.7 Å². The molecule has 0 aliphatic carbocycles. The maximum absolute atomic E-state index is 11.0. The van der Waals surface area contributed by atoms with E-state index in [1.807, 2.05) is 20.8 Å². The number of allylic oxidation sites excluding steroid dienone is 2. The van der Waals surface area contributed by atoms with E-state index in [1.165, 1.54) is 20.4 Å². The molecule has 1 saturated heterocycles. The number of amides is 1. The number of anilines is 1. The van der Waals surface area contributed by atoms with Crippen molar-refractivity contribution in [2.24, 2.45) is 0 Å². The predicted octanol–water partition coefficient (Wildman–Crippen LogP) is 1.31. The highest BCUT2D eigenvalue weighted by atomic mass is 16.6. The molecular weight excluding hydrogens is 362 g/mol. The molecule has 0 radical (unpaired) electrons. The zero-order valence-electron chi connectivity index (χ0n) is 17.2. The summed E-state index contributed by atoms with van der Waals surface area (Å²) in [4.78, 5) is 19.1. The number of terminal acetylenes is 1. The third-order valence-corrected chi connectivity index (χ3v) is 4.79. The number of nitrogens with zero attached hydrogens (tertiary/aromatic N) is 2. The number of methoxy groups -OCH3 is 1. The van der Waals surface area contributed by atoms with E-state index in [9.17, 15) is 9.90 Å². The molecule has 1 aromatic rings. The fraction of sp³-hybridized carbons (Fsp3) is 0.550. The van der Waals surface area contributed by atoms with Crippen LogP contribution in [-0.2, 0) is 14.3 Å². The number of nitrogens with one attached hydrogen (secondary N) is 1. The Hall–Kier alpha value is -2.31. The van der Waals surface area contributed by atoms with Crippen LogP contribution in [0, 0.1) is 19.3 Å². The molecule has 3 N–H and O–H groups in total. The van der Waals surface area contributed by atoms with Crippen molar-refractivity contribution in [3.63, 3.8) is 0 Å². The van der Waals surface area contributed by atoms with Crippen LogP contribution in [0.25, 0.3) is 5.57 Å². The smallest absolute Gasteiger partial charge is 0.222 e. The Kier molecular flexibility index (Phi) is 8.72. The zero-order chi connectivity index (χ0) is 21.5. The molecule has 0 bridgehead atoms. The molecule has 1 aliphatic rings. The Morgan fingerprint density at radius 3 is 2.57 bits per heavy atom. The zero-order valence-corrected chi connectivity index (χ0v) is 17.2. The standard InChI is InChI=1S/C12H13N3O.C8H16O4/c1-5-10(6-2)11-8(3)13-7-14-12(11)15-9(4)16;1-5-8(2,11-3)7(10)6(4-9)12-5/h1,6-7H,2-4H3,(H,13,14,15,16);5-7,9-10H,4H2,1-3H3/b10-6-;/t;5-,6?,7?,8?/m.0/s1. The van der Waals surface area contributed by atoms with Crippen LogP contribution in [0.1, 0.15) is 39.0 Å². The summed E-state index contributed by atoms with van der Waals surface area (Å²) in [6.07, 6.45) is 7.10. The van der Waals surface area contributed by atoms with Crippen molar-refractivity contribution in [2.75, 3.05) is 19.0 Å². The molecule has 4 atom stereocenters. The summed E-state index contributed by atoms with van der Waals surface area (Å²) in [5, 5.41) is 21.1. The van der Waals surface area contributed by atoms with Gasteiger partial charge in [-0.05, 0) is 27.7 Å². The van der Waals surface area contributed by atoms with E-state index in [4.69, 9.17) is 21.0 Å². The Morgan fingerprint density at radius 1 is 1.54 bits per heavy atom. The maximum Gasteiger partial charge on any atom is 0.222 e. The average Bonchev–Trinajstić information content (AvgIpc) is 2.88. The van der Waals surface area contributed by atoms with Gasteiger partial charge in [0.25, 0.3) is 0 Å². The van der Waals surface area contributed by atoms with Crippen molar-refractivity contribution in [1.82, 2.24) is 9.97 Å². The van der Waals surface area contributed by atoms with Gasteiger partial charge in [-0.1, -0.05) is 12.0 Å². The first-order chi connectivity index (χ1) is 13.2. The van der Waals surface area contributed by atoms with Gasteiger partial charge in [0.2, 0.25) is 5.91 Å². The summed E-state index contributed by atoms with van der Waals surface area (Å²) in [5.41, 5.74) is 1.40. The third kappa shape index (κ3) is 5.14. The van der Waals surface area contributed by atoms with E-state index in [0.29, 0.717) is 17.0 Å². The Morgan fingerprint density at radius 2 is 2.18 bits per heavy atom. The fourth-order valence-corrected chi connectivity index (χ4v) is 2.87. The number of aryl methyl sites for hydroxylation is 1. The highest BCUT2D eigenvalue weighted by Gasteiger charge is 2.51. The number of rotatable bonds is 4. The lowest BCUT2D eigenvalue weighted by Crippen LogP contribution is -2.46. The van der Waals surface area contributed by atoms with Crippen LogP contribution in [0.15, 0.2) is 12.4 Å². The molecule has 0 saturated carbocycles. The summed E-state index contributed by atoms with van der Waals surface area (Å²) in [6.45, 7) is 8.50. The second-order valence-electron chi connectivity index (χ2n) is 6.54. The van der Waals surface area contributed by atoms with E-state index in [1.54, 1.807) is 13.0 Å². The van der Waals surface area contributed by atoms with Crippen LogP contribution in [0.3, 0.4) is 0 Å². The first-order valence-corrected chi connectivity index (χ1v) is 8.88. The number of aliphatic hydroxyl groups is 2. The van der Waals surface area contributed by atoms with Crippen molar-refractivity contribution >= 4 is 17.3 Å². The second kappa shape index (κ2) is 10.3. The molecule has 3 unspecified atom stereocenters. The average molecular weight is 391 g/mol. The van der Waals surface area contributed by atoms with Crippen LogP contribution in [0.5, 0.6) is 0 Å². The second-order valence-corrected chi connectivity index (χ2v) is 6.54. The SMILES string of the molecule is C#C/C(=C/C)c1c(C)ncnc1NC(C)=O.COC1(C)C(O)C(CO)O[C@H]1C. The van der Waals surface area contributed by atoms with E-state index >= 15 is 0 Å². The van der Waals surface area contributed by atoms with E-state index in [2.05, 4.69) is 21.2 Å². The molecule has 154 valence electrons. The van der Waals surface area contributed by atoms with Gasteiger partial charge in [0.05, 0.1) is 24.0 Å². The first-order valence-electron chi connectivity index (χ1n) is 8.88. The molecule has 8 nitrogen and oxygen atoms in total. The molecule has 1 aromatic heterocycles. The number of aromatic nitrogens is 2. The van der Waals surface area contributed by atoms with Gasteiger partial charge < -0.3 is 25.0 Å². The summed E-state index contributed by atoms with van der Waals surface area (Å²) >= 11 is 0. The topological polar surface area (TPSA) is 114 Å². The Bertz CT molecular complexity index is 759. The van der Waals surface area contributed by atoms with Crippen molar-refractivity contribution < 1.29 is 24.5 Å². The predicted molar refractivity (Wildman–Crippen MR) is 106 cm³/mol. The van der Waals surface area contributed by atoms with Crippen molar-refractivity contribution in [3.05, 3.63) is 23.7 Å². The van der Waals surface area contributed by atoms with Gasteiger partial charge in [-0.3, -0.25) is 4.79 Å². The van der Waals surface area contributed by atoms with Gasteiger partial charge in [0, 0.05) is 19.6 Å². The highest BCUT2D eigenvalue weighted by molar-refractivity contribution is 5.93. The van der Waals surface area contributed by atoms with Crippen molar-refractivity contribution in [3.8, 4) is 12.3 Å². The van der Waals surface area contributed by atoms with Gasteiger partial charge >= 0.3 is 0 Å². The third-order valence-electron chi connectivity index (χ3n) is 4.79. The van der Waals surface area contributed by atoms with Gasteiger partial charge in [0.1, 0.15) is 30.0 Å². The summed E-state index contributed by atoms with van der Waals surface area (Å²) in [7, 11) is 1.53. The molecular formula is C20H29N3O5. The fourth-order valence-electron chi connectivity index (χ4n) is 2.87. The number of carbonyl (C=O) groups excluding carboxylic acids is 1. The molecule has 0 spiro atoms. The first kappa shape index (κ1) is 23.7. The Balaban J connectivity index is 0.000000292. The summed E-state index contributed by atoms with van der Waals surface area (Å²) in [5.74, 6) is 2.81. The molecule has 8 heteroatoms. The number of hydrogen-bond acceptors (Lipinski definition) is 7. The lowest BCUT2D eigenvalue weighted by molar-refractivity contribution is -0.114. The minimum absolute atomic E-state index is 0.176. The van der Waals surface area contributed by atoms with Gasteiger partial charge in [-0.25, -0.2) is 9.97 Å². The van der Waals surface area contributed by atoms with Gasteiger partial charge in [0.15, 0.2) is 0 Å². The number of hydrogen-bond donors (Lipinski definition) is 3. The van der Waals surface area contributed by atoms with E-state index in [-0.39, 0.29) is 18.6 Å². The van der Waals surface area contributed by atoms with Gasteiger partial charge in [-0.15, -0.1) is 6.42 Å². The monoisotopic (exact) mass is 391 g/mol. The lowest BCUT2D eigenvalue weighted by Gasteiger charge is -2.29. The maximum atomic E-state index is 11.0. The lowest BCUT2D eigenvalue weighted by atomic mass is 9.93. The van der Waals surface area contributed by atoms with Gasteiger partial charge in [-0.2, -0.15) is 0 Å². The molecule has 2 rings (SSSR count). The minimum Gasteiger partial charge on any atom is -0.394 e. The molecule has 2 heterocycles. The molecule has 0 aromatic carbocycles. The van der Waals surface area contributed by atoms with Crippen LogP contribution >= 0.6 is 0 Å². The van der Waals surface area contributed by atoms with Crippen LogP contribution in [0.4, 0.5) is 5.82 Å². The number of ether oxygens (including phenoxy) is 2. The summed E-state index contributed by atoms with van der Waals surface area (Å²) < 4.78 is 10.5.